The van der Waals surface area contributed by atoms with Crippen molar-refractivity contribution in [1.29, 1.82) is 0 Å². The third kappa shape index (κ3) is 2.50. The van der Waals surface area contributed by atoms with Crippen molar-refractivity contribution in [2.24, 2.45) is 11.8 Å². The molecule has 2 fully saturated rings. The molecule has 0 aromatic heterocycles. The Labute approximate surface area is 130 Å². The van der Waals surface area contributed by atoms with Gasteiger partial charge < -0.3 is 15.2 Å². The number of ether oxygens (including phenoxy) is 1. The lowest BCUT2D eigenvalue weighted by Crippen LogP contribution is -2.44. The number of nitrogens with one attached hydrogen (secondary N) is 1. The van der Waals surface area contributed by atoms with Crippen LogP contribution < -0.4 is 10.1 Å². The lowest BCUT2D eigenvalue weighted by Gasteiger charge is -2.39. The van der Waals surface area contributed by atoms with Crippen molar-refractivity contribution >= 4 is 5.91 Å². The van der Waals surface area contributed by atoms with Gasteiger partial charge >= 0.3 is 0 Å². The van der Waals surface area contributed by atoms with Gasteiger partial charge in [0.1, 0.15) is 5.75 Å². The Balaban J connectivity index is 1.55. The van der Waals surface area contributed by atoms with Gasteiger partial charge in [0.15, 0.2) is 0 Å². The molecule has 22 heavy (non-hydrogen) atoms. The minimum Gasteiger partial charge on any atom is -0.493 e. The Morgan fingerprint density at radius 3 is 2.82 bits per heavy atom. The number of amides is 1. The van der Waals surface area contributed by atoms with E-state index in [9.17, 15) is 9.90 Å². The average Bonchev–Trinajstić information content (AvgIpc) is 2.87. The molecule has 1 aromatic rings. The second-order valence-electron chi connectivity index (χ2n) is 6.97. The fourth-order valence-corrected chi connectivity index (χ4v) is 3.72. The fourth-order valence-electron chi connectivity index (χ4n) is 3.72. The first-order valence-corrected chi connectivity index (χ1v) is 8.45. The third-order valence-electron chi connectivity index (χ3n) is 5.47. The minimum absolute atomic E-state index is 0.0300. The maximum absolute atomic E-state index is 12.4. The molecule has 2 N–H and O–H groups in total. The van der Waals surface area contributed by atoms with Crippen molar-refractivity contribution < 1.29 is 14.6 Å². The highest BCUT2D eigenvalue weighted by Gasteiger charge is 2.37. The zero-order chi connectivity index (χ0) is 15.1. The van der Waals surface area contributed by atoms with Gasteiger partial charge in [-0.2, -0.15) is 0 Å². The van der Waals surface area contributed by atoms with E-state index in [1.165, 1.54) is 12.0 Å². The van der Waals surface area contributed by atoms with Crippen LogP contribution in [0.2, 0.25) is 0 Å². The van der Waals surface area contributed by atoms with E-state index in [2.05, 4.69) is 17.4 Å². The van der Waals surface area contributed by atoms with Crippen molar-refractivity contribution in [3.63, 3.8) is 0 Å². The Hall–Kier alpha value is -1.55. The van der Waals surface area contributed by atoms with Gasteiger partial charge in [0.05, 0.1) is 18.8 Å². The summed E-state index contributed by atoms with van der Waals surface area (Å²) in [5.41, 5.74) is 2.40. The summed E-state index contributed by atoms with van der Waals surface area (Å²) in [7, 11) is 0. The molecule has 2 aliphatic carbocycles. The number of aliphatic hydroxyl groups excluding tert-OH is 1. The van der Waals surface area contributed by atoms with Gasteiger partial charge in [0.2, 0.25) is 5.91 Å². The lowest BCUT2D eigenvalue weighted by atomic mass is 9.74. The van der Waals surface area contributed by atoms with Gasteiger partial charge in [-0.05, 0) is 54.9 Å². The van der Waals surface area contributed by atoms with Gasteiger partial charge in [-0.15, -0.1) is 0 Å². The van der Waals surface area contributed by atoms with E-state index in [4.69, 9.17) is 4.74 Å². The maximum atomic E-state index is 12.4. The molecule has 3 aliphatic rings. The number of hydrogen-bond donors (Lipinski definition) is 2. The van der Waals surface area contributed by atoms with E-state index >= 15 is 0 Å². The van der Waals surface area contributed by atoms with E-state index in [1.54, 1.807) is 0 Å². The van der Waals surface area contributed by atoms with Gasteiger partial charge in [-0.1, -0.05) is 12.5 Å². The highest BCUT2D eigenvalue weighted by atomic mass is 16.5. The Morgan fingerprint density at radius 2 is 2.14 bits per heavy atom. The average molecular weight is 301 g/mol. The normalized spacial score (nSPS) is 28.0. The summed E-state index contributed by atoms with van der Waals surface area (Å²) in [5.74, 6) is 1.71. The molecule has 0 spiro atoms. The molecular formula is C18H23NO3. The zero-order valence-electron chi connectivity index (χ0n) is 12.8. The molecule has 2 saturated carbocycles. The van der Waals surface area contributed by atoms with Crippen LogP contribution in [-0.4, -0.2) is 23.7 Å². The molecule has 118 valence electrons. The molecular weight excluding hydrogens is 278 g/mol. The first-order chi connectivity index (χ1) is 10.7. The first kappa shape index (κ1) is 14.1. The molecule has 0 saturated heterocycles. The molecule has 1 amide bonds. The SMILES string of the molecule is O=C(N[C@H](c1ccc2c(c1)CCO2)C1CC(O)C1)C1CCC1. The van der Waals surface area contributed by atoms with Crippen molar-refractivity contribution in [3.8, 4) is 5.75 Å². The van der Waals surface area contributed by atoms with E-state index < -0.39 is 0 Å². The van der Waals surface area contributed by atoms with Gasteiger partial charge in [-0.25, -0.2) is 0 Å². The summed E-state index contributed by atoms with van der Waals surface area (Å²) >= 11 is 0. The largest absolute Gasteiger partial charge is 0.493 e. The number of benzene rings is 1. The number of rotatable bonds is 4. The standard InChI is InChI=1S/C18H23NO3/c20-15-9-14(10-15)17(19-18(21)11-2-1-3-11)13-4-5-16-12(8-13)6-7-22-16/h4-5,8,11,14-15,17,20H,1-3,6-7,9-10H2,(H,19,21)/t14?,15?,17-/m1/s1. The van der Waals surface area contributed by atoms with Crippen LogP contribution in [0.3, 0.4) is 0 Å². The van der Waals surface area contributed by atoms with Crippen LogP contribution in [-0.2, 0) is 11.2 Å². The highest BCUT2D eigenvalue weighted by Crippen LogP contribution is 2.40. The Bertz CT molecular complexity index is 576. The van der Waals surface area contributed by atoms with Crippen molar-refractivity contribution in [2.75, 3.05) is 6.61 Å². The fraction of sp³-hybridized carbons (Fsp3) is 0.611. The highest BCUT2D eigenvalue weighted by molar-refractivity contribution is 5.80. The number of fused-ring (bicyclic) bond motifs is 1. The topological polar surface area (TPSA) is 58.6 Å². The Kier molecular flexibility index (Phi) is 3.57. The predicted molar refractivity (Wildman–Crippen MR) is 82.6 cm³/mol. The van der Waals surface area contributed by atoms with Crippen LogP contribution in [0, 0.1) is 11.8 Å². The minimum atomic E-state index is -0.203. The van der Waals surface area contributed by atoms with Crippen LogP contribution in [0.1, 0.15) is 49.3 Å². The molecule has 1 heterocycles. The van der Waals surface area contributed by atoms with Crippen molar-refractivity contribution in [3.05, 3.63) is 29.3 Å². The zero-order valence-corrected chi connectivity index (χ0v) is 12.8. The quantitative estimate of drug-likeness (QED) is 0.897. The number of carbonyl (C=O) groups excluding carboxylic acids is 1. The Morgan fingerprint density at radius 1 is 1.32 bits per heavy atom. The third-order valence-corrected chi connectivity index (χ3v) is 5.47. The summed E-state index contributed by atoms with van der Waals surface area (Å²) < 4.78 is 5.57. The second kappa shape index (κ2) is 5.58. The van der Waals surface area contributed by atoms with E-state index in [-0.39, 0.29) is 24.0 Å². The number of aliphatic hydroxyl groups is 1. The van der Waals surface area contributed by atoms with Crippen LogP contribution in [0.4, 0.5) is 0 Å². The molecule has 1 aliphatic heterocycles. The second-order valence-corrected chi connectivity index (χ2v) is 6.97. The molecule has 1 aromatic carbocycles. The lowest BCUT2D eigenvalue weighted by molar-refractivity contribution is -0.129. The molecule has 1 atom stereocenters. The van der Waals surface area contributed by atoms with Crippen molar-refractivity contribution in [2.45, 2.75) is 50.7 Å². The van der Waals surface area contributed by atoms with Gasteiger partial charge in [-0.3, -0.25) is 4.79 Å². The number of carbonyl (C=O) groups is 1. The summed E-state index contributed by atoms with van der Waals surface area (Å²) in [6.07, 6.45) is 5.51. The summed E-state index contributed by atoms with van der Waals surface area (Å²) in [6.45, 7) is 0.750. The molecule has 4 rings (SSSR count). The predicted octanol–water partition coefficient (Wildman–Crippen LogP) is 2.35. The summed E-state index contributed by atoms with van der Waals surface area (Å²) in [6, 6.07) is 6.30. The molecule has 4 nitrogen and oxygen atoms in total. The summed E-state index contributed by atoms with van der Waals surface area (Å²) in [4.78, 5) is 12.4. The molecule has 0 unspecified atom stereocenters. The number of hydrogen-bond acceptors (Lipinski definition) is 3. The monoisotopic (exact) mass is 301 g/mol. The van der Waals surface area contributed by atoms with E-state index in [0.717, 1.165) is 50.0 Å². The van der Waals surface area contributed by atoms with E-state index in [0.29, 0.717) is 5.92 Å². The van der Waals surface area contributed by atoms with Crippen LogP contribution in [0.15, 0.2) is 18.2 Å². The van der Waals surface area contributed by atoms with Gasteiger partial charge in [0, 0.05) is 12.3 Å². The smallest absolute Gasteiger partial charge is 0.223 e. The molecule has 0 radical (unpaired) electrons. The van der Waals surface area contributed by atoms with Crippen LogP contribution in [0.5, 0.6) is 5.75 Å². The van der Waals surface area contributed by atoms with Gasteiger partial charge in [0.25, 0.3) is 0 Å². The first-order valence-electron chi connectivity index (χ1n) is 8.45. The van der Waals surface area contributed by atoms with Crippen LogP contribution >= 0.6 is 0 Å². The van der Waals surface area contributed by atoms with Crippen molar-refractivity contribution in [1.82, 2.24) is 5.32 Å². The summed E-state index contributed by atoms with van der Waals surface area (Å²) in [5, 5.41) is 12.9. The maximum Gasteiger partial charge on any atom is 0.223 e. The van der Waals surface area contributed by atoms with Crippen LogP contribution in [0.25, 0.3) is 0 Å². The molecule has 0 bridgehead atoms. The van der Waals surface area contributed by atoms with E-state index in [1.807, 2.05) is 6.07 Å². The molecule has 4 heteroatoms.